The zero-order valence-electron chi connectivity index (χ0n) is 12.2. The van der Waals surface area contributed by atoms with Gasteiger partial charge in [-0.25, -0.2) is 0 Å². The summed E-state index contributed by atoms with van der Waals surface area (Å²) in [5.41, 5.74) is 1.11. The van der Waals surface area contributed by atoms with E-state index in [1.807, 2.05) is 6.07 Å². The molecule has 0 unspecified atom stereocenters. The zero-order chi connectivity index (χ0) is 17.5. The molecule has 24 heavy (non-hydrogen) atoms. The highest BCUT2D eigenvalue weighted by Crippen LogP contribution is 2.33. The number of nitrogens with one attached hydrogen (secondary N) is 2. The molecule has 0 aliphatic rings. The molecule has 0 bridgehead atoms. The molecule has 2 N–H and O–H groups in total. The highest BCUT2D eigenvalue weighted by molar-refractivity contribution is 6.38. The summed E-state index contributed by atoms with van der Waals surface area (Å²) in [6.07, 6.45) is 1.22. The first-order valence-corrected chi connectivity index (χ1v) is 7.43. The van der Waals surface area contributed by atoms with E-state index < -0.39 is 0 Å². The summed E-state index contributed by atoms with van der Waals surface area (Å²) in [5.74, 6) is -0.323. The molecule has 0 spiro atoms. The second-order valence-corrected chi connectivity index (χ2v) is 5.37. The smallest absolute Gasteiger partial charge is 0.255 e. The molecule has 0 aliphatic carbocycles. The number of amides is 1. The maximum Gasteiger partial charge on any atom is 0.255 e. The van der Waals surface area contributed by atoms with Crippen molar-refractivity contribution >= 4 is 40.5 Å². The average Bonchev–Trinajstić information content (AvgIpc) is 2.60. The molecule has 0 heterocycles. The second-order valence-electron chi connectivity index (χ2n) is 4.56. The van der Waals surface area contributed by atoms with Crippen LogP contribution in [0.1, 0.15) is 10.4 Å². The van der Waals surface area contributed by atoms with Crippen molar-refractivity contribution in [2.24, 2.45) is 0 Å². The highest BCUT2D eigenvalue weighted by atomic mass is 35.5. The van der Waals surface area contributed by atoms with Gasteiger partial charge in [0.2, 0.25) is 0 Å². The SMILES string of the molecule is N#CC(C#N)=CNc1cc(NC(=O)c2ccccc2)c(Cl)cc1Cl. The molecule has 1 amide bonds. The number of anilines is 2. The Hall–Kier alpha value is -2.99. The van der Waals surface area contributed by atoms with Gasteiger partial charge in [-0.1, -0.05) is 41.4 Å². The molecule has 2 aromatic rings. The Morgan fingerprint density at radius 2 is 1.62 bits per heavy atom. The van der Waals surface area contributed by atoms with Crippen LogP contribution >= 0.6 is 23.2 Å². The topological polar surface area (TPSA) is 88.7 Å². The van der Waals surface area contributed by atoms with Crippen molar-refractivity contribution in [3.63, 3.8) is 0 Å². The van der Waals surface area contributed by atoms with Crippen LogP contribution < -0.4 is 10.6 Å². The van der Waals surface area contributed by atoms with Crippen LogP contribution in [0.3, 0.4) is 0 Å². The van der Waals surface area contributed by atoms with Gasteiger partial charge in [-0.2, -0.15) is 10.5 Å². The maximum atomic E-state index is 12.2. The quantitative estimate of drug-likeness (QED) is 0.784. The molecule has 0 radical (unpaired) electrons. The number of carbonyl (C=O) groups excluding carboxylic acids is 1. The number of rotatable bonds is 4. The van der Waals surface area contributed by atoms with E-state index in [-0.39, 0.29) is 21.5 Å². The van der Waals surface area contributed by atoms with E-state index in [1.54, 1.807) is 36.4 Å². The van der Waals surface area contributed by atoms with Crippen LogP contribution in [0.4, 0.5) is 11.4 Å². The Balaban J connectivity index is 2.27. The molecule has 0 fully saturated rings. The molecular weight excluding hydrogens is 347 g/mol. The van der Waals surface area contributed by atoms with E-state index in [2.05, 4.69) is 10.6 Å². The number of hydrogen-bond donors (Lipinski definition) is 2. The molecule has 7 heteroatoms. The Morgan fingerprint density at radius 3 is 2.25 bits per heavy atom. The minimum atomic E-state index is -0.323. The van der Waals surface area contributed by atoms with E-state index >= 15 is 0 Å². The lowest BCUT2D eigenvalue weighted by molar-refractivity contribution is 0.102. The first-order chi connectivity index (χ1) is 11.5. The van der Waals surface area contributed by atoms with Gasteiger partial charge in [0.25, 0.3) is 5.91 Å². The Bertz CT molecular complexity index is 864. The third kappa shape index (κ3) is 4.27. The van der Waals surface area contributed by atoms with E-state index in [4.69, 9.17) is 33.7 Å². The van der Waals surface area contributed by atoms with Crippen molar-refractivity contribution in [1.29, 1.82) is 10.5 Å². The van der Waals surface area contributed by atoms with Gasteiger partial charge in [0.1, 0.15) is 17.7 Å². The van der Waals surface area contributed by atoms with Crippen LogP contribution in [0.15, 0.2) is 54.2 Å². The Kier molecular flexibility index (Phi) is 5.81. The molecule has 0 saturated carbocycles. The standard InChI is InChI=1S/C17H10Cl2N4O/c18-13-6-14(19)16(7-15(13)22-10-11(8-20)9-21)23-17(24)12-4-2-1-3-5-12/h1-7,10,22H,(H,23,24). The maximum absolute atomic E-state index is 12.2. The fourth-order valence-electron chi connectivity index (χ4n) is 1.78. The predicted molar refractivity (Wildman–Crippen MR) is 93.8 cm³/mol. The lowest BCUT2D eigenvalue weighted by atomic mass is 10.2. The summed E-state index contributed by atoms with van der Waals surface area (Å²) in [7, 11) is 0. The monoisotopic (exact) mass is 356 g/mol. The van der Waals surface area contributed by atoms with Gasteiger partial charge < -0.3 is 10.6 Å². The van der Waals surface area contributed by atoms with Crippen molar-refractivity contribution in [1.82, 2.24) is 0 Å². The van der Waals surface area contributed by atoms with Gasteiger partial charge in [0.15, 0.2) is 0 Å². The predicted octanol–water partition coefficient (Wildman–Crippen LogP) is 4.59. The van der Waals surface area contributed by atoms with Crippen LogP contribution in [0.2, 0.25) is 10.0 Å². The van der Waals surface area contributed by atoms with Crippen LogP contribution in [0.25, 0.3) is 0 Å². The van der Waals surface area contributed by atoms with E-state index in [0.29, 0.717) is 16.9 Å². The van der Waals surface area contributed by atoms with Crippen LogP contribution in [-0.4, -0.2) is 5.91 Å². The first-order valence-electron chi connectivity index (χ1n) is 6.67. The van der Waals surface area contributed by atoms with E-state index in [0.717, 1.165) is 0 Å². The minimum Gasteiger partial charge on any atom is -0.359 e. The fourth-order valence-corrected chi connectivity index (χ4v) is 2.26. The number of nitrogens with zero attached hydrogens (tertiary/aromatic N) is 2. The zero-order valence-corrected chi connectivity index (χ0v) is 13.7. The molecule has 2 rings (SSSR count). The number of halogens is 2. The summed E-state index contributed by atoms with van der Waals surface area (Å²) in [6, 6.07) is 15.1. The summed E-state index contributed by atoms with van der Waals surface area (Å²) in [6.45, 7) is 0. The number of nitriles is 2. The van der Waals surface area contributed by atoms with E-state index in [1.165, 1.54) is 18.3 Å². The van der Waals surface area contributed by atoms with Gasteiger partial charge >= 0.3 is 0 Å². The van der Waals surface area contributed by atoms with Gasteiger partial charge in [-0.3, -0.25) is 4.79 Å². The number of carbonyl (C=O) groups is 1. The second kappa shape index (κ2) is 8.03. The summed E-state index contributed by atoms with van der Waals surface area (Å²) < 4.78 is 0. The molecule has 118 valence electrons. The third-order valence-corrected chi connectivity index (χ3v) is 3.58. The van der Waals surface area contributed by atoms with Gasteiger partial charge in [-0.05, 0) is 24.3 Å². The molecular formula is C17H10Cl2N4O. The van der Waals surface area contributed by atoms with Gasteiger partial charge in [0.05, 0.1) is 21.4 Å². The Morgan fingerprint density at radius 1 is 1.00 bits per heavy atom. The molecule has 0 saturated heterocycles. The van der Waals surface area contributed by atoms with Crippen molar-refractivity contribution < 1.29 is 4.79 Å². The largest absolute Gasteiger partial charge is 0.359 e. The first kappa shape index (κ1) is 17.4. The van der Waals surface area contributed by atoms with Crippen molar-refractivity contribution in [3.8, 4) is 12.1 Å². The molecule has 0 atom stereocenters. The highest BCUT2D eigenvalue weighted by Gasteiger charge is 2.11. The van der Waals surface area contributed by atoms with Crippen molar-refractivity contribution in [3.05, 3.63) is 69.8 Å². The lowest BCUT2D eigenvalue weighted by Crippen LogP contribution is -2.12. The van der Waals surface area contributed by atoms with Gasteiger partial charge in [-0.15, -0.1) is 0 Å². The summed E-state index contributed by atoms with van der Waals surface area (Å²) in [4.78, 5) is 12.2. The molecule has 0 aliphatic heterocycles. The van der Waals surface area contributed by atoms with Crippen LogP contribution in [0, 0.1) is 22.7 Å². The average molecular weight is 357 g/mol. The number of benzene rings is 2. The molecule has 5 nitrogen and oxygen atoms in total. The summed E-state index contributed by atoms with van der Waals surface area (Å²) in [5, 5.41) is 23.4. The van der Waals surface area contributed by atoms with Crippen LogP contribution in [-0.2, 0) is 0 Å². The minimum absolute atomic E-state index is 0.115. The molecule has 0 aromatic heterocycles. The normalized spacial score (nSPS) is 9.33. The van der Waals surface area contributed by atoms with Crippen LogP contribution in [0.5, 0.6) is 0 Å². The number of allylic oxidation sites excluding steroid dienone is 1. The van der Waals surface area contributed by atoms with Crippen molar-refractivity contribution in [2.75, 3.05) is 10.6 Å². The Labute approximate surface area is 148 Å². The summed E-state index contributed by atoms with van der Waals surface area (Å²) >= 11 is 12.2. The van der Waals surface area contributed by atoms with Crippen molar-refractivity contribution in [2.45, 2.75) is 0 Å². The van der Waals surface area contributed by atoms with Gasteiger partial charge in [0, 0.05) is 11.8 Å². The molecule has 2 aromatic carbocycles. The fraction of sp³-hybridized carbons (Fsp3) is 0. The van der Waals surface area contributed by atoms with E-state index in [9.17, 15) is 4.79 Å². The lowest BCUT2D eigenvalue weighted by Gasteiger charge is -2.11. The number of hydrogen-bond acceptors (Lipinski definition) is 4. The third-order valence-electron chi connectivity index (χ3n) is 2.95.